The Labute approximate surface area is 210 Å². The summed E-state index contributed by atoms with van der Waals surface area (Å²) < 4.78 is 14.3. The van der Waals surface area contributed by atoms with Gasteiger partial charge in [-0.05, 0) is 64.3 Å². The van der Waals surface area contributed by atoms with Gasteiger partial charge in [-0.2, -0.15) is 0 Å². The first kappa shape index (κ1) is 25.8. The Morgan fingerprint density at radius 3 is 2.46 bits per heavy atom. The van der Waals surface area contributed by atoms with Crippen molar-refractivity contribution >= 4 is 45.2 Å². The van der Waals surface area contributed by atoms with Gasteiger partial charge in [-0.25, -0.2) is 14.2 Å². The summed E-state index contributed by atoms with van der Waals surface area (Å²) >= 11 is 3.11. The number of carboxylic acids is 1. The summed E-state index contributed by atoms with van der Waals surface area (Å²) in [6, 6.07) is 15.0. The molecule has 182 valence electrons. The first-order valence-corrected chi connectivity index (χ1v) is 11.6. The normalized spacial score (nSPS) is 11.4. The molecule has 0 saturated heterocycles. The van der Waals surface area contributed by atoms with Gasteiger partial charge in [0.25, 0.3) is 5.91 Å². The van der Waals surface area contributed by atoms with Crippen molar-refractivity contribution in [1.82, 2.24) is 10.3 Å². The van der Waals surface area contributed by atoms with Crippen molar-refractivity contribution in [3.63, 3.8) is 0 Å². The number of benzene rings is 2. The Kier molecular flexibility index (Phi) is 9.31. The average molecular weight is 543 g/mol. The number of anilines is 2. The number of carboxylic acid groups (broad SMARTS) is 1. The number of rotatable bonds is 11. The molecule has 2 amide bonds. The van der Waals surface area contributed by atoms with E-state index in [4.69, 9.17) is 0 Å². The highest BCUT2D eigenvalue weighted by atomic mass is 79.9. The van der Waals surface area contributed by atoms with E-state index in [2.05, 4.69) is 36.9 Å². The van der Waals surface area contributed by atoms with E-state index in [-0.39, 0.29) is 22.4 Å². The molecule has 1 unspecified atom stereocenters. The molecule has 10 heteroatoms. The van der Waals surface area contributed by atoms with Crippen molar-refractivity contribution < 1.29 is 23.9 Å². The van der Waals surface area contributed by atoms with E-state index in [1.165, 1.54) is 12.1 Å². The smallest absolute Gasteiger partial charge is 0.326 e. The summed E-state index contributed by atoms with van der Waals surface area (Å²) in [5.74, 6) is -2.23. The summed E-state index contributed by atoms with van der Waals surface area (Å²) in [4.78, 5) is 40.5. The monoisotopic (exact) mass is 542 g/mol. The lowest BCUT2D eigenvalue weighted by molar-refractivity contribution is -0.139. The first-order valence-electron chi connectivity index (χ1n) is 10.8. The van der Waals surface area contributed by atoms with Gasteiger partial charge in [0.2, 0.25) is 5.91 Å². The zero-order valence-corrected chi connectivity index (χ0v) is 20.2. The van der Waals surface area contributed by atoms with Crippen LogP contribution >= 0.6 is 15.9 Å². The van der Waals surface area contributed by atoms with Crippen molar-refractivity contribution in [3.8, 4) is 0 Å². The van der Waals surface area contributed by atoms with Gasteiger partial charge < -0.3 is 21.1 Å². The van der Waals surface area contributed by atoms with Crippen LogP contribution in [0.2, 0.25) is 0 Å². The zero-order chi connectivity index (χ0) is 25.2. The lowest BCUT2D eigenvalue weighted by atomic mass is 10.0. The fourth-order valence-corrected chi connectivity index (χ4v) is 3.78. The maximum Gasteiger partial charge on any atom is 0.326 e. The Morgan fingerprint density at radius 1 is 1.03 bits per heavy atom. The summed E-state index contributed by atoms with van der Waals surface area (Å²) in [6.45, 7) is 0.606. The van der Waals surface area contributed by atoms with Crippen molar-refractivity contribution in [2.75, 3.05) is 17.2 Å². The van der Waals surface area contributed by atoms with E-state index in [0.717, 1.165) is 11.9 Å². The number of amides is 2. The molecule has 0 bridgehead atoms. The molecule has 0 fully saturated rings. The molecule has 3 aromatic rings. The number of hydrogen-bond acceptors (Lipinski definition) is 5. The molecule has 2 aromatic carbocycles. The predicted octanol–water partition coefficient (Wildman–Crippen LogP) is 4.24. The number of nitrogens with zero attached hydrogens (tertiary/aromatic N) is 1. The number of carbonyl (C=O) groups is 3. The van der Waals surface area contributed by atoms with Crippen LogP contribution in [-0.4, -0.2) is 40.5 Å². The SMILES string of the molecule is O=C(CCCNc1ccccn1)Nc1ccc(CC(NC(=O)c2c(F)cccc2Br)C(=O)O)cc1. The van der Waals surface area contributed by atoms with Crippen LogP contribution in [0.5, 0.6) is 0 Å². The molecule has 4 N–H and O–H groups in total. The summed E-state index contributed by atoms with van der Waals surface area (Å²) in [5.41, 5.74) is 0.942. The molecule has 0 aliphatic heterocycles. The van der Waals surface area contributed by atoms with Crippen LogP contribution < -0.4 is 16.0 Å². The van der Waals surface area contributed by atoms with E-state index in [9.17, 15) is 23.9 Å². The minimum Gasteiger partial charge on any atom is -0.480 e. The second kappa shape index (κ2) is 12.6. The number of aliphatic carboxylic acids is 1. The number of pyridine rings is 1. The van der Waals surface area contributed by atoms with Crippen LogP contribution in [0.1, 0.15) is 28.8 Å². The molecule has 1 aromatic heterocycles. The van der Waals surface area contributed by atoms with Gasteiger partial charge in [-0.3, -0.25) is 9.59 Å². The highest BCUT2D eigenvalue weighted by Gasteiger charge is 2.24. The summed E-state index contributed by atoms with van der Waals surface area (Å²) in [5, 5.41) is 17.8. The highest BCUT2D eigenvalue weighted by molar-refractivity contribution is 9.10. The molecule has 0 radical (unpaired) electrons. The second-order valence-corrected chi connectivity index (χ2v) is 8.51. The lowest BCUT2D eigenvalue weighted by Crippen LogP contribution is -2.42. The molecule has 0 spiro atoms. The van der Waals surface area contributed by atoms with E-state index in [1.807, 2.05) is 18.2 Å². The standard InChI is InChI=1S/C25H24BrFN4O4/c26-18-5-3-6-19(27)23(18)24(33)31-20(25(34)35)15-16-9-11-17(12-10-16)30-22(32)8-4-14-29-21-7-1-2-13-28-21/h1-3,5-7,9-13,20H,4,8,14-15H2,(H,28,29)(H,30,32)(H,31,33)(H,34,35). The van der Waals surface area contributed by atoms with Crippen LogP contribution in [-0.2, 0) is 16.0 Å². The highest BCUT2D eigenvalue weighted by Crippen LogP contribution is 2.20. The van der Waals surface area contributed by atoms with Crippen molar-refractivity contribution in [2.45, 2.75) is 25.3 Å². The van der Waals surface area contributed by atoms with Gasteiger partial charge in [0.1, 0.15) is 17.7 Å². The van der Waals surface area contributed by atoms with Gasteiger partial charge in [-0.15, -0.1) is 0 Å². The van der Waals surface area contributed by atoms with Gasteiger partial charge in [-0.1, -0.05) is 24.3 Å². The molecule has 0 aliphatic rings. The van der Waals surface area contributed by atoms with E-state index in [0.29, 0.717) is 30.6 Å². The fraction of sp³-hybridized carbons (Fsp3) is 0.200. The van der Waals surface area contributed by atoms with E-state index >= 15 is 0 Å². The van der Waals surface area contributed by atoms with Crippen LogP contribution in [0.15, 0.2) is 71.3 Å². The Hall–Kier alpha value is -3.79. The maximum atomic E-state index is 14.0. The third kappa shape index (κ3) is 7.89. The second-order valence-electron chi connectivity index (χ2n) is 7.66. The minimum atomic E-state index is -1.26. The topological polar surface area (TPSA) is 120 Å². The maximum absolute atomic E-state index is 14.0. The van der Waals surface area contributed by atoms with Crippen molar-refractivity contribution in [3.05, 3.63) is 88.3 Å². The van der Waals surface area contributed by atoms with Crippen LogP contribution in [0, 0.1) is 5.82 Å². The summed E-state index contributed by atoms with van der Waals surface area (Å²) in [6.07, 6.45) is 2.62. The molecule has 3 rings (SSSR count). The van der Waals surface area contributed by atoms with Gasteiger partial charge in [0.05, 0.1) is 5.56 Å². The zero-order valence-electron chi connectivity index (χ0n) is 18.6. The number of carbonyl (C=O) groups excluding carboxylic acids is 2. The Balaban J connectivity index is 1.49. The minimum absolute atomic E-state index is 0.0133. The van der Waals surface area contributed by atoms with Gasteiger partial charge in [0.15, 0.2) is 0 Å². The number of aromatic nitrogens is 1. The quantitative estimate of drug-likeness (QED) is 0.269. The fourth-order valence-electron chi connectivity index (χ4n) is 3.26. The summed E-state index contributed by atoms with van der Waals surface area (Å²) in [7, 11) is 0. The lowest BCUT2D eigenvalue weighted by Gasteiger charge is -2.16. The molecule has 0 saturated carbocycles. The van der Waals surface area contributed by atoms with Crippen LogP contribution in [0.25, 0.3) is 0 Å². The average Bonchev–Trinajstić information content (AvgIpc) is 2.83. The van der Waals surface area contributed by atoms with Crippen LogP contribution in [0.4, 0.5) is 15.9 Å². The van der Waals surface area contributed by atoms with Crippen molar-refractivity contribution in [2.24, 2.45) is 0 Å². The Bertz CT molecular complexity index is 1160. The molecule has 1 heterocycles. The third-order valence-corrected chi connectivity index (χ3v) is 5.68. The third-order valence-electron chi connectivity index (χ3n) is 5.02. The Morgan fingerprint density at radius 2 is 1.80 bits per heavy atom. The number of hydrogen-bond donors (Lipinski definition) is 4. The van der Waals surface area contributed by atoms with E-state index in [1.54, 1.807) is 30.5 Å². The van der Waals surface area contributed by atoms with Gasteiger partial charge in [0, 0.05) is 35.7 Å². The largest absolute Gasteiger partial charge is 0.480 e. The van der Waals surface area contributed by atoms with Crippen LogP contribution in [0.3, 0.4) is 0 Å². The molecule has 8 nitrogen and oxygen atoms in total. The first-order chi connectivity index (χ1) is 16.8. The van der Waals surface area contributed by atoms with E-state index < -0.39 is 23.7 Å². The molecule has 35 heavy (non-hydrogen) atoms. The number of nitrogens with one attached hydrogen (secondary N) is 3. The molecule has 0 aliphatic carbocycles. The predicted molar refractivity (Wildman–Crippen MR) is 134 cm³/mol. The van der Waals surface area contributed by atoms with Gasteiger partial charge >= 0.3 is 5.97 Å². The molecule has 1 atom stereocenters. The number of halogens is 2. The molecular formula is C25H24BrFN4O4. The molecular weight excluding hydrogens is 519 g/mol. The van der Waals surface area contributed by atoms with Crippen molar-refractivity contribution in [1.29, 1.82) is 0 Å².